The largest absolute Gasteiger partial charge is 0.524 e. The SMILES string of the molecule is O=S(=O)(c1ccccc1)N1CCC(NO)CC1OC(F)(F)F. The van der Waals surface area contributed by atoms with Crippen molar-refractivity contribution in [3.8, 4) is 0 Å². The van der Waals surface area contributed by atoms with Crippen LogP contribution in [0.2, 0.25) is 0 Å². The zero-order valence-electron chi connectivity index (χ0n) is 11.3. The first-order valence-corrected chi connectivity index (χ1v) is 7.89. The molecule has 6 nitrogen and oxygen atoms in total. The van der Waals surface area contributed by atoms with Gasteiger partial charge in [0, 0.05) is 19.0 Å². The van der Waals surface area contributed by atoms with Crippen molar-refractivity contribution in [2.45, 2.75) is 36.4 Å². The lowest BCUT2D eigenvalue weighted by Gasteiger charge is -2.37. The predicted molar refractivity (Wildman–Crippen MR) is 69.2 cm³/mol. The molecule has 2 atom stereocenters. The fourth-order valence-corrected chi connectivity index (χ4v) is 3.84. The molecular formula is C12H15F3N2O4S. The number of hydrogen-bond donors (Lipinski definition) is 2. The summed E-state index contributed by atoms with van der Waals surface area (Å²) in [5.41, 5.74) is 1.86. The molecule has 0 aliphatic carbocycles. The van der Waals surface area contributed by atoms with Crippen molar-refractivity contribution >= 4 is 10.0 Å². The van der Waals surface area contributed by atoms with E-state index in [2.05, 4.69) is 4.74 Å². The molecule has 1 aromatic carbocycles. The molecule has 0 spiro atoms. The number of alkyl halides is 3. The number of benzene rings is 1. The summed E-state index contributed by atoms with van der Waals surface area (Å²) in [4.78, 5) is -0.110. The van der Waals surface area contributed by atoms with E-state index in [-0.39, 0.29) is 24.3 Å². The summed E-state index contributed by atoms with van der Waals surface area (Å²) in [5.74, 6) is 0. The van der Waals surface area contributed by atoms with Crippen molar-refractivity contribution in [1.82, 2.24) is 9.79 Å². The molecule has 1 saturated heterocycles. The minimum atomic E-state index is -4.98. The van der Waals surface area contributed by atoms with Gasteiger partial charge in [-0.15, -0.1) is 13.2 Å². The van der Waals surface area contributed by atoms with Gasteiger partial charge in [0.15, 0.2) is 0 Å². The van der Waals surface area contributed by atoms with E-state index in [9.17, 15) is 21.6 Å². The molecule has 10 heteroatoms. The number of halogens is 3. The van der Waals surface area contributed by atoms with E-state index >= 15 is 0 Å². The second kappa shape index (κ2) is 6.50. The van der Waals surface area contributed by atoms with Crippen molar-refractivity contribution in [2.24, 2.45) is 0 Å². The lowest BCUT2D eigenvalue weighted by atomic mass is 10.1. The highest BCUT2D eigenvalue weighted by Crippen LogP contribution is 2.30. The zero-order chi connectivity index (χ0) is 16.4. The maximum Gasteiger partial charge on any atom is 0.524 e. The van der Waals surface area contributed by atoms with E-state index in [4.69, 9.17) is 5.21 Å². The minimum Gasteiger partial charge on any atom is -0.317 e. The summed E-state index contributed by atoms with van der Waals surface area (Å²) in [7, 11) is -4.12. The van der Waals surface area contributed by atoms with Crippen LogP contribution < -0.4 is 5.48 Å². The molecule has 2 rings (SSSR count). The number of sulfonamides is 1. The van der Waals surface area contributed by atoms with Crippen LogP contribution in [0.4, 0.5) is 13.2 Å². The van der Waals surface area contributed by atoms with Gasteiger partial charge in [-0.2, -0.15) is 4.31 Å². The lowest BCUT2D eigenvalue weighted by Crippen LogP contribution is -2.52. The Kier molecular flexibility index (Phi) is 5.07. The van der Waals surface area contributed by atoms with Gasteiger partial charge in [-0.3, -0.25) is 4.74 Å². The molecule has 124 valence electrons. The molecule has 1 fully saturated rings. The third-order valence-electron chi connectivity index (χ3n) is 3.31. The molecule has 2 unspecified atom stereocenters. The second-order valence-corrected chi connectivity index (χ2v) is 6.69. The molecule has 22 heavy (non-hydrogen) atoms. The number of rotatable bonds is 4. The van der Waals surface area contributed by atoms with Crippen LogP contribution in [-0.4, -0.2) is 43.1 Å². The van der Waals surface area contributed by atoms with E-state index in [0.717, 1.165) is 0 Å². The number of nitrogens with zero attached hydrogens (tertiary/aromatic N) is 1. The third-order valence-corrected chi connectivity index (χ3v) is 5.21. The maximum absolute atomic E-state index is 12.5. The molecule has 0 saturated carbocycles. The summed E-state index contributed by atoms with van der Waals surface area (Å²) in [6, 6.07) is 6.50. The topological polar surface area (TPSA) is 78.9 Å². The standard InChI is InChI=1S/C12H15F3N2O4S/c13-12(14,15)21-11-8-9(16-18)6-7-17(11)22(19,20)10-4-2-1-3-5-10/h1-5,9,11,16,18H,6-8H2. The molecule has 0 aromatic heterocycles. The van der Waals surface area contributed by atoms with E-state index in [1.54, 1.807) is 6.07 Å². The first-order valence-electron chi connectivity index (χ1n) is 6.45. The Labute approximate surface area is 125 Å². The van der Waals surface area contributed by atoms with Crippen LogP contribution in [0.5, 0.6) is 0 Å². The van der Waals surface area contributed by atoms with Gasteiger partial charge in [0.2, 0.25) is 10.0 Å². The van der Waals surface area contributed by atoms with Crippen molar-refractivity contribution < 1.29 is 31.5 Å². The van der Waals surface area contributed by atoms with Crippen LogP contribution in [0.15, 0.2) is 35.2 Å². The molecule has 0 radical (unpaired) electrons. The first-order chi connectivity index (χ1) is 10.2. The van der Waals surface area contributed by atoms with Crippen molar-refractivity contribution in [3.05, 3.63) is 30.3 Å². The zero-order valence-corrected chi connectivity index (χ0v) is 12.1. The van der Waals surface area contributed by atoms with Crippen LogP contribution >= 0.6 is 0 Å². The predicted octanol–water partition coefficient (Wildman–Crippen LogP) is 1.68. The smallest absolute Gasteiger partial charge is 0.317 e. The quantitative estimate of drug-likeness (QED) is 0.816. The highest BCUT2D eigenvalue weighted by atomic mass is 32.2. The number of nitrogens with one attached hydrogen (secondary N) is 1. The van der Waals surface area contributed by atoms with Gasteiger partial charge < -0.3 is 5.21 Å². The van der Waals surface area contributed by atoms with Gasteiger partial charge in [-0.25, -0.2) is 13.9 Å². The number of hydrogen-bond acceptors (Lipinski definition) is 5. The van der Waals surface area contributed by atoms with Crippen molar-refractivity contribution in [2.75, 3.05) is 6.54 Å². The van der Waals surface area contributed by atoms with Gasteiger partial charge in [-0.1, -0.05) is 18.2 Å². The summed E-state index contributed by atoms with van der Waals surface area (Å²) in [6.45, 7) is -0.198. The molecule has 1 aromatic rings. The van der Waals surface area contributed by atoms with E-state index < -0.39 is 28.7 Å². The van der Waals surface area contributed by atoms with Crippen molar-refractivity contribution in [1.29, 1.82) is 0 Å². The van der Waals surface area contributed by atoms with Crippen LogP contribution in [0.1, 0.15) is 12.8 Å². The Morgan fingerprint density at radius 3 is 2.45 bits per heavy atom. The van der Waals surface area contributed by atoms with E-state index in [1.165, 1.54) is 24.3 Å². The summed E-state index contributed by atoms with van der Waals surface area (Å²) in [5, 5.41) is 8.86. The number of ether oxygens (including phenoxy) is 1. The van der Waals surface area contributed by atoms with Crippen LogP contribution in [0.3, 0.4) is 0 Å². The van der Waals surface area contributed by atoms with Gasteiger partial charge >= 0.3 is 6.36 Å². The van der Waals surface area contributed by atoms with Crippen LogP contribution in [0, 0.1) is 0 Å². The van der Waals surface area contributed by atoms with Gasteiger partial charge in [0.1, 0.15) is 6.23 Å². The van der Waals surface area contributed by atoms with Gasteiger partial charge in [-0.05, 0) is 18.6 Å². The van der Waals surface area contributed by atoms with Gasteiger partial charge in [0.05, 0.1) is 4.90 Å². The molecule has 2 N–H and O–H groups in total. The molecule has 1 aliphatic rings. The number of piperidine rings is 1. The molecule has 0 bridgehead atoms. The Hall–Kier alpha value is -1.20. The van der Waals surface area contributed by atoms with Crippen LogP contribution in [0.25, 0.3) is 0 Å². The summed E-state index contributed by atoms with van der Waals surface area (Å²) in [6.07, 6.45) is -6.86. The Bertz CT molecular complexity index is 594. The Morgan fingerprint density at radius 2 is 1.91 bits per heavy atom. The van der Waals surface area contributed by atoms with Crippen molar-refractivity contribution in [3.63, 3.8) is 0 Å². The molecule has 1 aliphatic heterocycles. The fourth-order valence-electron chi connectivity index (χ4n) is 2.29. The first kappa shape index (κ1) is 17.2. The molecular weight excluding hydrogens is 325 g/mol. The number of hydroxylamine groups is 1. The lowest BCUT2D eigenvalue weighted by molar-refractivity contribution is -0.358. The Morgan fingerprint density at radius 1 is 1.27 bits per heavy atom. The minimum absolute atomic E-state index is 0.110. The molecule has 0 amide bonds. The molecule has 1 heterocycles. The summed E-state index contributed by atoms with van der Waals surface area (Å²) >= 11 is 0. The van der Waals surface area contributed by atoms with E-state index in [0.29, 0.717) is 4.31 Å². The fraction of sp³-hybridized carbons (Fsp3) is 0.500. The maximum atomic E-state index is 12.5. The normalized spacial score (nSPS) is 24.4. The Balaban J connectivity index is 2.30. The van der Waals surface area contributed by atoms with Gasteiger partial charge in [0.25, 0.3) is 0 Å². The highest BCUT2D eigenvalue weighted by molar-refractivity contribution is 7.89. The average molecular weight is 340 g/mol. The highest BCUT2D eigenvalue weighted by Gasteiger charge is 2.43. The second-order valence-electron chi connectivity index (χ2n) is 4.80. The average Bonchev–Trinajstić information content (AvgIpc) is 2.46. The van der Waals surface area contributed by atoms with Crippen LogP contribution in [-0.2, 0) is 14.8 Å². The monoisotopic (exact) mass is 340 g/mol. The van der Waals surface area contributed by atoms with E-state index in [1.807, 2.05) is 5.48 Å². The third kappa shape index (κ3) is 3.96. The summed E-state index contributed by atoms with van der Waals surface area (Å²) < 4.78 is 67.1.